The summed E-state index contributed by atoms with van der Waals surface area (Å²) >= 11 is 0. The van der Waals surface area contributed by atoms with Crippen LogP contribution >= 0.6 is 0 Å². The molecule has 2 aliphatic heterocycles. The van der Waals surface area contributed by atoms with Crippen molar-refractivity contribution in [2.75, 3.05) is 36.4 Å². The minimum Gasteiger partial charge on any atom is -0.370 e. The molecule has 2 N–H and O–H groups in total. The second kappa shape index (κ2) is 11.4. The zero-order valence-corrected chi connectivity index (χ0v) is 21.5. The van der Waals surface area contributed by atoms with Gasteiger partial charge in [0.2, 0.25) is 0 Å². The Hall–Kier alpha value is -3.94. The number of hydrogen-bond acceptors (Lipinski definition) is 6. The highest BCUT2D eigenvalue weighted by Crippen LogP contribution is 2.26. The van der Waals surface area contributed by atoms with Crippen LogP contribution in [0.15, 0.2) is 59.5 Å². The largest absolute Gasteiger partial charge is 0.370 e. The van der Waals surface area contributed by atoms with Crippen molar-refractivity contribution in [2.45, 2.75) is 45.4 Å². The molecule has 1 amide bonds. The first kappa shape index (κ1) is 24.7. The van der Waals surface area contributed by atoms with Gasteiger partial charge in [-0.25, -0.2) is 4.98 Å². The van der Waals surface area contributed by atoms with Gasteiger partial charge in [0.15, 0.2) is 5.69 Å². The highest BCUT2D eigenvalue weighted by atomic mass is 16.1. The summed E-state index contributed by atoms with van der Waals surface area (Å²) in [6.45, 7) is 9.81. The van der Waals surface area contributed by atoms with Crippen LogP contribution in [0.2, 0.25) is 0 Å². The summed E-state index contributed by atoms with van der Waals surface area (Å²) in [4.78, 5) is 26.4. The van der Waals surface area contributed by atoms with Gasteiger partial charge in [-0.3, -0.25) is 14.9 Å². The summed E-state index contributed by atoms with van der Waals surface area (Å²) in [6, 6.07) is 9.82. The number of carbonyl (C=O) groups excluding carboxylic acids is 1. The van der Waals surface area contributed by atoms with Gasteiger partial charge in [-0.2, -0.15) is 5.10 Å². The number of H-pyrrole nitrogens is 1. The number of benzene rings is 1. The van der Waals surface area contributed by atoms with Gasteiger partial charge in [-0.15, -0.1) is 0 Å². The van der Waals surface area contributed by atoms with Crippen molar-refractivity contribution < 1.29 is 4.79 Å². The standard InChI is InChI=1S/C29H35N7O/c1-21(17-24(20-30-2)35-13-5-3-6-14-35)22-9-10-26-25(18-22)28(34-33-26)29(37)32-23-11-12-31-27(19-23)36-15-7-4-8-16-36/h9-12,17-20H,2-8,13-16H2,1H3,(H,33,34)(H,31,32,37)/b21-17+,24-20+. The Morgan fingerprint density at radius 3 is 2.57 bits per heavy atom. The predicted octanol–water partition coefficient (Wildman–Crippen LogP) is 5.63. The molecule has 0 radical (unpaired) electrons. The Balaban J connectivity index is 1.37. The van der Waals surface area contributed by atoms with Gasteiger partial charge in [0.1, 0.15) is 5.82 Å². The highest BCUT2D eigenvalue weighted by Gasteiger charge is 2.18. The van der Waals surface area contributed by atoms with E-state index < -0.39 is 0 Å². The fourth-order valence-electron chi connectivity index (χ4n) is 5.18. The predicted molar refractivity (Wildman–Crippen MR) is 151 cm³/mol. The van der Waals surface area contributed by atoms with Gasteiger partial charge in [0.05, 0.1) is 11.2 Å². The Labute approximate surface area is 218 Å². The lowest BCUT2D eigenvalue weighted by atomic mass is 10.0. The number of amides is 1. The van der Waals surface area contributed by atoms with E-state index >= 15 is 0 Å². The van der Waals surface area contributed by atoms with Gasteiger partial charge in [0, 0.05) is 55.7 Å². The lowest BCUT2D eigenvalue weighted by Gasteiger charge is -2.29. The Morgan fingerprint density at radius 1 is 1.05 bits per heavy atom. The van der Waals surface area contributed by atoms with Crippen LogP contribution in [0.4, 0.5) is 11.5 Å². The molecule has 37 heavy (non-hydrogen) atoms. The number of piperidine rings is 2. The average molecular weight is 498 g/mol. The number of nitrogens with zero attached hydrogens (tertiary/aromatic N) is 5. The molecule has 5 rings (SSSR count). The normalized spacial score (nSPS) is 17.2. The van der Waals surface area contributed by atoms with Crippen molar-refractivity contribution in [3.05, 3.63) is 65.8 Å². The molecule has 0 bridgehead atoms. The summed E-state index contributed by atoms with van der Waals surface area (Å²) < 4.78 is 0. The van der Waals surface area contributed by atoms with Gasteiger partial charge >= 0.3 is 0 Å². The first-order valence-electron chi connectivity index (χ1n) is 13.2. The number of hydrogen-bond donors (Lipinski definition) is 2. The van der Waals surface area contributed by atoms with E-state index in [-0.39, 0.29) is 5.91 Å². The quantitative estimate of drug-likeness (QED) is 0.326. The zero-order valence-electron chi connectivity index (χ0n) is 21.5. The number of aromatic amines is 1. The van der Waals surface area contributed by atoms with Crippen LogP contribution in [-0.4, -0.2) is 58.9 Å². The third-order valence-corrected chi connectivity index (χ3v) is 7.23. The van der Waals surface area contributed by atoms with Gasteiger partial charge < -0.3 is 15.1 Å². The molecule has 2 saturated heterocycles. The van der Waals surface area contributed by atoms with E-state index in [0.29, 0.717) is 5.69 Å². The molecule has 2 aliphatic rings. The fourth-order valence-corrected chi connectivity index (χ4v) is 5.18. The topological polar surface area (TPSA) is 89.5 Å². The minimum atomic E-state index is -0.245. The van der Waals surface area contributed by atoms with Crippen LogP contribution in [-0.2, 0) is 0 Å². The molecule has 4 heterocycles. The molecule has 8 nitrogen and oxygen atoms in total. The number of fused-ring (bicyclic) bond motifs is 1. The maximum Gasteiger partial charge on any atom is 0.276 e. The Kier molecular flexibility index (Phi) is 7.63. The molecule has 1 aromatic carbocycles. The van der Waals surface area contributed by atoms with Crippen LogP contribution in [0.1, 0.15) is 61.5 Å². The monoisotopic (exact) mass is 497 g/mol. The van der Waals surface area contributed by atoms with Crippen molar-refractivity contribution in [1.82, 2.24) is 20.1 Å². The summed E-state index contributed by atoms with van der Waals surface area (Å²) in [5, 5.41) is 11.2. The van der Waals surface area contributed by atoms with Gasteiger partial charge in [0.25, 0.3) is 5.91 Å². The average Bonchev–Trinajstić information content (AvgIpc) is 3.37. The van der Waals surface area contributed by atoms with Gasteiger partial charge in [-0.05, 0) is 87.6 Å². The van der Waals surface area contributed by atoms with Crippen LogP contribution in [0.3, 0.4) is 0 Å². The highest BCUT2D eigenvalue weighted by molar-refractivity contribution is 6.11. The molecule has 0 spiro atoms. The molecule has 0 unspecified atom stereocenters. The summed E-state index contributed by atoms with van der Waals surface area (Å²) in [7, 11) is 0. The summed E-state index contributed by atoms with van der Waals surface area (Å²) in [6.07, 6.45) is 13.0. The second-order valence-electron chi connectivity index (χ2n) is 9.85. The molecular weight excluding hydrogens is 462 g/mol. The Morgan fingerprint density at radius 2 is 1.81 bits per heavy atom. The maximum absolute atomic E-state index is 13.3. The third-order valence-electron chi connectivity index (χ3n) is 7.23. The number of aliphatic imine (C=N–C) groups is 1. The van der Waals surface area contributed by atoms with E-state index in [2.05, 4.69) is 61.1 Å². The van der Waals surface area contributed by atoms with Crippen molar-refractivity contribution in [2.24, 2.45) is 4.99 Å². The van der Waals surface area contributed by atoms with E-state index in [1.807, 2.05) is 30.5 Å². The lowest BCUT2D eigenvalue weighted by Crippen LogP contribution is -2.30. The summed E-state index contributed by atoms with van der Waals surface area (Å²) in [5.74, 6) is 0.657. The Bertz CT molecular complexity index is 1330. The van der Waals surface area contributed by atoms with E-state index in [4.69, 9.17) is 0 Å². The van der Waals surface area contributed by atoms with E-state index in [0.717, 1.165) is 65.4 Å². The molecule has 2 aromatic heterocycles. The van der Waals surface area contributed by atoms with Crippen molar-refractivity contribution >= 4 is 40.6 Å². The molecule has 0 aliphatic carbocycles. The zero-order chi connectivity index (χ0) is 25.6. The number of pyridine rings is 1. The molecule has 3 aromatic rings. The van der Waals surface area contributed by atoms with Crippen LogP contribution in [0, 0.1) is 0 Å². The number of aromatic nitrogens is 3. The second-order valence-corrected chi connectivity index (χ2v) is 9.85. The number of nitrogens with one attached hydrogen (secondary N) is 2. The van der Waals surface area contributed by atoms with Crippen LogP contribution in [0.5, 0.6) is 0 Å². The van der Waals surface area contributed by atoms with E-state index in [1.54, 1.807) is 6.20 Å². The third kappa shape index (κ3) is 5.74. The number of allylic oxidation sites excluding steroid dienone is 2. The van der Waals surface area contributed by atoms with E-state index in [9.17, 15) is 4.79 Å². The molecule has 0 atom stereocenters. The van der Waals surface area contributed by atoms with Crippen LogP contribution < -0.4 is 10.2 Å². The van der Waals surface area contributed by atoms with Gasteiger partial charge in [-0.1, -0.05) is 6.07 Å². The fraction of sp³-hybridized carbons (Fsp3) is 0.379. The smallest absolute Gasteiger partial charge is 0.276 e. The van der Waals surface area contributed by atoms with E-state index in [1.165, 1.54) is 38.5 Å². The molecule has 192 valence electrons. The first-order chi connectivity index (χ1) is 18.1. The van der Waals surface area contributed by atoms with Crippen molar-refractivity contribution in [3.63, 3.8) is 0 Å². The molecule has 8 heteroatoms. The maximum atomic E-state index is 13.3. The molecule has 2 fully saturated rings. The summed E-state index contributed by atoms with van der Waals surface area (Å²) in [5.41, 5.74) is 5.11. The number of anilines is 2. The first-order valence-corrected chi connectivity index (χ1v) is 13.2. The number of likely N-dealkylation sites (tertiary alicyclic amines) is 1. The molecular formula is C29H35N7O. The SMILES string of the molecule is C=N/C=C(\C=C(/C)c1ccc2[nH]nc(C(=O)Nc3ccnc(N4CCCCC4)c3)c2c1)N1CCCCC1. The minimum absolute atomic E-state index is 0.245. The molecule has 0 saturated carbocycles. The number of carbonyl (C=O) groups is 1. The van der Waals surface area contributed by atoms with Crippen molar-refractivity contribution in [3.8, 4) is 0 Å². The lowest BCUT2D eigenvalue weighted by molar-refractivity contribution is 0.102. The number of rotatable bonds is 7. The van der Waals surface area contributed by atoms with Crippen LogP contribution in [0.25, 0.3) is 16.5 Å². The van der Waals surface area contributed by atoms with Crippen molar-refractivity contribution in [1.29, 1.82) is 0 Å².